The smallest absolute Gasteiger partial charge is 0.416 e. The first kappa shape index (κ1) is 20.7. The number of piperidine rings is 1. The molecule has 2 aliphatic rings. The molecule has 28 heavy (non-hydrogen) atoms. The van der Waals surface area contributed by atoms with E-state index in [1.165, 1.54) is 6.20 Å². The zero-order valence-corrected chi connectivity index (χ0v) is 16.8. The van der Waals surface area contributed by atoms with Gasteiger partial charge in [0.05, 0.1) is 5.56 Å². The molecule has 1 amide bonds. The van der Waals surface area contributed by atoms with Gasteiger partial charge in [0, 0.05) is 31.9 Å². The van der Waals surface area contributed by atoms with Crippen molar-refractivity contribution in [3.63, 3.8) is 0 Å². The Morgan fingerprint density at radius 1 is 1.18 bits per heavy atom. The molecule has 2 fully saturated rings. The number of hydrogen-bond acceptors (Lipinski definition) is 4. The highest BCUT2D eigenvalue weighted by Gasteiger charge is 2.48. The second-order valence-electron chi connectivity index (χ2n) is 8.85. The molecule has 0 radical (unpaired) electrons. The van der Waals surface area contributed by atoms with Crippen molar-refractivity contribution in [2.45, 2.75) is 64.8 Å². The van der Waals surface area contributed by atoms with Gasteiger partial charge in [-0.25, -0.2) is 9.78 Å². The quantitative estimate of drug-likeness (QED) is 0.686. The molecule has 1 atom stereocenters. The lowest BCUT2D eigenvalue weighted by Crippen LogP contribution is -2.49. The SMILES string of the molecule is CC1N(c2cc(C(F)(F)F)ccn2)CCC12CCN(C(=O)OC(C)(C)C)CC2. The van der Waals surface area contributed by atoms with Gasteiger partial charge < -0.3 is 14.5 Å². The van der Waals surface area contributed by atoms with E-state index in [1.807, 2.05) is 25.7 Å². The van der Waals surface area contributed by atoms with Crippen LogP contribution in [0.15, 0.2) is 18.3 Å². The van der Waals surface area contributed by atoms with Crippen molar-refractivity contribution in [2.24, 2.45) is 5.41 Å². The number of alkyl halides is 3. The number of pyridine rings is 1. The van der Waals surface area contributed by atoms with Crippen molar-refractivity contribution in [3.8, 4) is 0 Å². The van der Waals surface area contributed by atoms with Gasteiger partial charge in [-0.05, 0) is 64.5 Å². The topological polar surface area (TPSA) is 45.7 Å². The van der Waals surface area contributed by atoms with Crippen molar-refractivity contribution in [1.82, 2.24) is 9.88 Å². The molecule has 0 saturated carbocycles. The Hall–Kier alpha value is -1.99. The molecule has 3 rings (SSSR count). The summed E-state index contributed by atoms with van der Waals surface area (Å²) in [5.41, 5.74) is -1.22. The third kappa shape index (κ3) is 4.20. The second kappa shape index (κ2) is 7.12. The van der Waals surface area contributed by atoms with Gasteiger partial charge in [0.1, 0.15) is 11.4 Å². The van der Waals surface area contributed by atoms with E-state index in [0.29, 0.717) is 25.5 Å². The molecule has 2 aliphatic heterocycles. The number of carbonyl (C=O) groups is 1. The maximum Gasteiger partial charge on any atom is 0.416 e. The van der Waals surface area contributed by atoms with Gasteiger partial charge in [0.2, 0.25) is 0 Å². The molecule has 5 nitrogen and oxygen atoms in total. The molecule has 1 unspecified atom stereocenters. The zero-order valence-electron chi connectivity index (χ0n) is 16.8. The molecular weight excluding hydrogens is 371 g/mol. The van der Waals surface area contributed by atoms with E-state index in [0.717, 1.165) is 31.4 Å². The first-order valence-corrected chi connectivity index (χ1v) is 9.69. The number of amides is 1. The summed E-state index contributed by atoms with van der Waals surface area (Å²) < 4.78 is 44.6. The van der Waals surface area contributed by atoms with Crippen LogP contribution in [-0.4, -0.2) is 47.3 Å². The third-order valence-electron chi connectivity index (χ3n) is 5.98. The average Bonchev–Trinajstić information content (AvgIpc) is 2.90. The van der Waals surface area contributed by atoms with E-state index in [4.69, 9.17) is 4.74 Å². The van der Waals surface area contributed by atoms with Crippen LogP contribution in [0.3, 0.4) is 0 Å². The number of anilines is 1. The van der Waals surface area contributed by atoms with Gasteiger partial charge in [0.15, 0.2) is 0 Å². The lowest BCUT2D eigenvalue weighted by atomic mass is 9.73. The number of halogens is 3. The van der Waals surface area contributed by atoms with Crippen LogP contribution in [0.25, 0.3) is 0 Å². The van der Waals surface area contributed by atoms with Crippen molar-refractivity contribution in [1.29, 1.82) is 0 Å². The van der Waals surface area contributed by atoms with Crippen molar-refractivity contribution in [2.75, 3.05) is 24.5 Å². The van der Waals surface area contributed by atoms with E-state index < -0.39 is 17.3 Å². The lowest BCUT2D eigenvalue weighted by Gasteiger charge is -2.43. The maximum atomic E-state index is 13.0. The molecular formula is C20H28F3N3O2. The Bertz CT molecular complexity index is 722. The lowest BCUT2D eigenvalue weighted by molar-refractivity contribution is -0.137. The van der Waals surface area contributed by atoms with Gasteiger partial charge in [-0.2, -0.15) is 13.2 Å². The Labute approximate surface area is 163 Å². The van der Waals surface area contributed by atoms with Crippen LogP contribution in [0, 0.1) is 5.41 Å². The second-order valence-corrected chi connectivity index (χ2v) is 8.85. The van der Waals surface area contributed by atoms with Gasteiger partial charge in [-0.3, -0.25) is 0 Å². The minimum Gasteiger partial charge on any atom is -0.444 e. The Morgan fingerprint density at radius 3 is 2.36 bits per heavy atom. The number of rotatable bonds is 1. The van der Waals surface area contributed by atoms with Crippen LogP contribution < -0.4 is 4.90 Å². The van der Waals surface area contributed by atoms with E-state index in [1.54, 1.807) is 4.90 Å². The first-order valence-electron chi connectivity index (χ1n) is 9.69. The van der Waals surface area contributed by atoms with Crippen LogP contribution in [-0.2, 0) is 10.9 Å². The number of nitrogens with zero attached hydrogens (tertiary/aromatic N) is 3. The van der Waals surface area contributed by atoms with E-state index in [-0.39, 0.29) is 17.6 Å². The molecule has 1 aromatic heterocycles. The molecule has 0 N–H and O–H groups in total. The molecule has 0 bridgehead atoms. The van der Waals surface area contributed by atoms with Crippen molar-refractivity contribution >= 4 is 11.9 Å². The van der Waals surface area contributed by atoms with E-state index in [9.17, 15) is 18.0 Å². The molecule has 156 valence electrons. The summed E-state index contributed by atoms with van der Waals surface area (Å²) in [4.78, 5) is 20.2. The Kier molecular flexibility index (Phi) is 5.27. The van der Waals surface area contributed by atoms with Crippen LogP contribution in [0.5, 0.6) is 0 Å². The van der Waals surface area contributed by atoms with Crippen molar-refractivity contribution in [3.05, 3.63) is 23.9 Å². The summed E-state index contributed by atoms with van der Waals surface area (Å²) in [5.74, 6) is 0.369. The Morgan fingerprint density at radius 2 is 1.79 bits per heavy atom. The molecule has 3 heterocycles. The van der Waals surface area contributed by atoms with E-state index in [2.05, 4.69) is 11.9 Å². The van der Waals surface area contributed by atoms with Gasteiger partial charge >= 0.3 is 12.3 Å². The molecule has 2 saturated heterocycles. The summed E-state index contributed by atoms with van der Waals surface area (Å²) in [6, 6.07) is 2.19. The average molecular weight is 399 g/mol. The highest BCUT2D eigenvalue weighted by Crippen LogP contribution is 2.47. The number of carbonyl (C=O) groups excluding carboxylic acids is 1. The predicted molar refractivity (Wildman–Crippen MR) is 100 cm³/mol. The van der Waals surface area contributed by atoms with Gasteiger partial charge in [0.25, 0.3) is 0 Å². The van der Waals surface area contributed by atoms with Crippen LogP contribution >= 0.6 is 0 Å². The fourth-order valence-corrected chi connectivity index (χ4v) is 4.27. The van der Waals surface area contributed by atoms with E-state index >= 15 is 0 Å². The summed E-state index contributed by atoms with van der Waals surface area (Å²) >= 11 is 0. The number of aromatic nitrogens is 1. The largest absolute Gasteiger partial charge is 0.444 e. The van der Waals surface area contributed by atoms with Gasteiger partial charge in [-0.15, -0.1) is 0 Å². The molecule has 8 heteroatoms. The number of hydrogen-bond donors (Lipinski definition) is 0. The molecule has 1 spiro atoms. The molecule has 0 aliphatic carbocycles. The highest BCUT2D eigenvalue weighted by molar-refractivity contribution is 5.68. The fraction of sp³-hybridized carbons (Fsp3) is 0.700. The standard InChI is InChI=1S/C20H28F3N3O2/c1-14-19(6-10-25(11-7-19)17(27)28-18(2,3)4)8-12-26(14)16-13-15(5-9-24-16)20(21,22)23/h5,9,13-14H,6-8,10-12H2,1-4H3. The number of ether oxygens (including phenoxy) is 1. The number of likely N-dealkylation sites (tertiary alicyclic amines) is 1. The first-order chi connectivity index (χ1) is 12.9. The highest BCUT2D eigenvalue weighted by atomic mass is 19.4. The summed E-state index contributed by atoms with van der Waals surface area (Å²) in [7, 11) is 0. The zero-order chi connectivity index (χ0) is 20.7. The summed E-state index contributed by atoms with van der Waals surface area (Å²) in [5, 5.41) is 0. The Balaban J connectivity index is 1.68. The third-order valence-corrected chi connectivity index (χ3v) is 5.98. The van der Waals surface area contributed by atoms with Crippen LogP contribution in [0.1, 0.15) is 52.5 Å². The predicted octanol–water partition coefficient (Wildman–Crippen LogP) is 4.72. The molecule has 1 aromatic rings. The summed E-state index contributed by atoms with van der Waals surface area (Å²) in [6.45, 7) is 9.45. The summed E-state index contributed by atoms with van der Waals surface area (Å²) in [6.07, 6.45) is -0.956. The molecule has 0 aromatic carbocycles. The normalized spacial score (nSPS) is 22.6. The van der Waals surface area contributed by atoms with Crippen molar-refractivity contribution < 1.29 is 22.7 Å². The maximum absolute atomic E-state index is 13.0. The van der Waals surface area contributed by atoms with Gasteiger partial charge in [-0.1, -0.05) is 0 Å². The minimum absolute atomic E-state index is 0.0194. The van der Waals surface area contributed by atoms with Crippen LogP contribution in [0.2, 0.25) is 0 Å². The fourth-order valence-electron chi connectivity index (χ4n) is 4.27. The monoisotopic (exact) mass is 399 g/mol. The minimum atomic E-state index is -4.38. The van der Waals surface area contributed by atoms with Crippen LogP contribution in [0.4, 0.5) is 23.8 Å².